The van der Waals surface area contributed by atoms with Crippen molar-refractivity contribution < 1.29 is 14.3 Å². The van der Waals surface area contributed by atoms with E-state index in [2.05, 4.69) is 10.6 Å². The van der Waals surface area contributed by atoms with Crippen LogP contribution >= 0.6 is 0 Å². The molecule has 0 aromatic heterocycles. The Bertz CT molecular complexity index is 650. The molecular weight excluding hydrogens is 330 g/mol. The molecule has 1 aliphatic heterocycles. The number of carbonyl (C=O) groups excluding carboxylic acids is 2. The maximum Gasteiger partial charge on any atom is 0.410 e. The van der Waals surface area contributed by atoms with Gasteiger partial charge in [0.15, 0.2) is 0 Å². The molecule has 1 fully saturated rings. The summed E-state index contributed by atoms with van der Waals surface area (Å²) < 4.78 is 5.50. The molecule has 1 aliphatic rings. The summed E-state index contributed by atoms with van der Waals surface area (Å²) in [5.74, 6) is -0.192. The summed E-state index contributed by atoms with van der Waals surface area (Å²) >= 11 is 0. The van der Waals surface area contributed by atoms with E-state index in [4.69, 9.17) is 4.74 Å². The van der Waals surface area contributed by atoms with Crippen molar-refractivity contribution in [2.75, 3.05) is 18.9 Å². The highest BCUT2D eigenvalue weighted by molar-refractivity contribution is 5.99. The molecule has 6 nitrogen and oxygen atoms in total. The Balaban J connectivity index is 1.99. The van der Waals surface area contributed by atoms with Gasteiger partial charge in [-0.15, -0.1) is 0 Å². The molecule has 1 atom stereocenters. The Hall–Kier alpha value is -2.50. The van der Waals surface area contributed by atoms with Gasteiger partial charge in [0.1, 0.15) is 5.60 Å². The van der Waals surface area contributed by atoms with Crippen LogP contribution < -0.4 is 10.6 Å². The molecule has 0 spiro atoms. The van der Waals surface area contributed by atoms with Crippen LogP contribution in [0.15, 0.2) is 42.1 Å². The quantitative estimate of drug-likeness (QED) is 0.789. The summed E-state index contributed by atoms with van der Waals surface area (Å²) in [6.07, 6.45) is 3.70. The summed E-state index contributed by atoms with van der Waals surface area (Å²) in [5, 5.41) is 5.91. The molecule has 0 aliphatic carbocycles. The van der Waals surface area contributed by atoms with Crippen LogP contribution in [0, 0.1) is 0 Å². The third-order valence-electron chi connectivity index (χ3n) is 4.13. The third-order valence-corrected chi connectivity index (χ3v) is 4.13. The van der Waals surface area contributed by atoms with Crippen LogP contribution in [0.5, 0.6) is 0 Å². The van der Waals surface area contributed by atoms with Crippen LogP contribution in [0.1, 0.15) is 40.0 Å². The van der Waals surface area contributed by atoms with E-state index in [0.29, 0.717) is 13.0 Å². The zero-order valence-electron chi connectivity index (χ0n) is 16.0. The average molecular weight is 359 g/mol. The highest BCUT2D eigenvalue weighted by Gasteiger charge is 2.32. The molecule has 0 radical (unpaired) electrons. The minimum Gasteiger partial charge on any atom is -0.444 e. The van der Waals surface area contributed by atoms with E-state index in [1.807, 2.05) is 51.1 Å². The average Bonchev–Trinajstić information content (AvgIpc) is 3.02. The van der Waals surface area contributed by atoms with Gasteiger partial charge in [0.25, 0.3) is 0 Å². The maximum atomic E-state index is 12.4. The first-order valence-electron chi connectivity index (χ1n) is 9.02. The van der Waals surface area contributed by atoms with Crippen molar-refractivity contribution in [3.63, 3.8) is 0 Å². The highest BCUT2D eigenvalue weighted by Crippen LogP contribution is 2.25. The number of hydrogen-bond donors (Lipinski definition) is 2. The lowest BCUT2D eigenvalue weighted by Gasteiger charge is -2.29. The van der Waals surface area contributed by atoms with E-state index >= 15 is 0 Å². The van der Waals surface area contributed by atoms with Gasteiger partial charge in [-0.1, -0.05) is 18.2 Å². The van der Waals surface area contributed by atoms with Crippen molar-refractivity contribution in [2.45, 2.75) is 51.7 Å². The van der Waals surface area contributed by atoms with Crippen molar-refractivity contribution in [2.24, 2.45) is 0 Å². The number of benzene rings is 1. The zero-order chi connectivity index (χ0) is 19.2. The summed E-state index contributed by atoms with van der Waals surface area (Å²) in [4.78, 5) is 26.4. The predicted octanol–water partition coefficient (Wildman–Crippen LogP) is 3.52. The maximum absolute atomic E-state index is 12.4. The molecule has 0 unspecified atom stereocenters. The number of nitrogens with zero attached hydrogens (tertiary/aromatic N) is 1. The first kappa shape index (κ1) is 19.8. The number of amides is 2. The van der Waals surface area contributed by atoms with Crippen molar-refractivity contribution in [3.8, 4) is 0 Å². The molecule has 1 saturated heterocycles. The molecule has 6 heteroatoms. The third kappa shape index (κ3) is 6.10. The first-order valence-corrected chi connectivity index (χ1v) is 9.02. The number of hydrogen-bond acceptors (Lipinski definition) is 4. The van der Waals surface area contributed by atoms with Gasteiger partial charge in [0.2, 0.25) is 5.91 Å². The van der Waals surface area contributed by atoms with Gasteiger partial charge in [-0.25, -0.2) is 4.79 Å². The van der Waals surface area contributed by atoms with Gasteiger partial charge in [-0.2, -0.15) is 0 Å². The smallest absolute Gasteiger partial charge is 0.410 e. The van der Waals surface area contributed by atoms with Crippen molar-refractivity contribution >= 4 is 17.7 Å². The molecule has 142 valence electrons. The largest absolute Gasteiger partial charge is 0.444 e. The van der Waals surface area contributed by atoms with Crippen LogP contribution in [0.4, 0.5) is 10.5 Å². The van der Waals surface area contributed by atoms with E-state index in [1.54, 1.807) is 18.0 Å². The van der Waals surface area contributed by atoms with Gasteiger partial charge in [0.05, 0.1) is 0 Å². The number of para-hydroxylation sites is 1. The second kappa shape index (κ2) is 8.74. The number of rotatable bonds is 5. The normalized spacial score (nSPS) is 17.8. The minimum absolute atomic E-state index is 0.0353. The van der Waals surface area contributed by atoms with Gasteiger partial charge >= 0.3 is 6.09 Å². The van der Waals surface area contributed by atoms with Crippen molar-refractivity contribution in [1.29, 1.82) is 0 Å². The van der Waals surface area contributed by atoms with Crippen LogP contribution in [0.25, 0.3) is 0 Å². The van der Waals surface area contributed by atoms with Crippen LogP contribution in [-0.2, 0) is 9.53 Å². The molecule has 2 N–H and O–H groups in total. The molecule has 0 bridgehead atoms. The van der Waals surface area contributed by atoms with Crippen molar-refractivity contribution in [1.82, 2.24) is 10.2 Å². The Morgan fingerprint density at radius 3 is 2.58 bits per heavy atom. The molecule has 2 amide bonds. The molecule has 0 saturated carbocycles. The van der Waals surface area contributed by atoms with Crippen molar-refractivity contribution in [3.05, 3.63) is 42.1 Å². The van der Waals surface area contributed by atoms with E-state index in [-0.39, 0.29) is 18.0 Å². The Morgan fingerprint density at radius 2 is 1.96 bits per heavy atom. The monoisotopic (exact) mass is 359 g/mol. The number of likely N-dealkylation sites (tertiary alicyclic amines) is 1. The van der Waals surface area contributed by atoms with E-state index in [0.717, 1.165) is 24.2 Å². The standard InChI is InChI=1S/C20H29N3O3/c1-20(2,3)26-19(25)23-12-8-11-17(23)13-16(21-4)14-18(24)22-15-9-6-5-7-10-15/h5-7,9-10,14,17,21H,8,11-13H2,1-4H3,(H,22,24)/b16-14-/t17-/m1/s1. The second-order valence-electron chi connectivity index (χ2n) is 7.45. The fraction of sp³-hybridized carbons (Fsp3) is 0.500. The fourth-order valence-corrected chi connectivity index (χ4v) is 2.95. The molecule has 1 aromatic carbocycles. The van der Waals surface area contributed by atoms with Gasteiger partial charge < -0.3 is 20.3 Å². The predicted molar refractivity (Wildman–Crippen MR) is 103 cm³/mol. The molecular formula is C20H29N3O3. The minimum atomic E-state index is -0.512. The number of anilines is 1. The number of nitrogens with one attached hydrogen (secondary N) is 2. The summed E-state index contributed by atoms with van der Waals surface area (Å²) in [7, 11) is 1.79. The van der Waals surface area contributed by atoms with Crippen LogP contribution in [0.2, 0.25) is 0 Å². The lowest BCUT2D eigenvalue weighted by atomic mass is 10.1. The van der Waals surface area contributed by atoms with Crippen LogP contribution in [-0.4, -0.2) is 42.1 Å². The number of ether oxygens (including phenoxy) is 1. The lowest BCUT2D eigenvalue weighted by Crippen LogP contribution is -2.40. The SMILES string of the molecule is CN/C(=C\C(=O)Nc1ccccc1)C[C@H]1CCCN1C(=O)OC(C)(C)C. The topological polar surface area (TPSA) is 70.7 Å². The molecule has 2 rings (SSSR count). The Kier molecular flexibility index (Phi) is 6.66. The summed E-state index contributed by atoms with van der Waals surface area (Å²) in [6.45, 7) is 6.28. The molecule has 1 aromatic rings. The summed E-state index contributed by atoms with van der Waals surface area (Å²) in [5.41, 5.74) is 1.03. The van der Waals surface area contributed by atoms with Gasteiger partial charge in [-0.3, -0.25) is 4.79 Å². The molecule has 1 heterocycles. The first-order chi connectivity index (χ1) is 12.3. The second-order valence-corrected chi connectivity index (χ2v) is 7.45. The van der Waals surface area contributed by atoms with E-state index in [9.17, 15) is 9.59 Å². The molecule has 26 heavy (non-hydrogen) atoms. The Morgan fingerprint density at radius 1 is 1.27 bits per heavy atom. The van der Waals surface area contributed by atoms with Gasteiger partial charge in [0, 0.05) is 43.5 Å². The van der Waals surface area contributed by atoms with E-state index in [1.165, 1.54) is 0 Å². The van der Waals surface area contributed by atoms with Gasteiger partial charge in [-0.05, 0) is 45.7 Å². The highest BCUT2D eigenvalue weighted by atomic mass is 16.6. The van der Waals surface area contributed by atoms with Crippen LogP contribution in [0.3, 0.4) is 0 Å². The fourth-order valence-electron chi connectivity index (χ4n) is 2.95. The number of carbonyl (C=O) groups is 2. The lowest BCUT2D eigenvalue weighted by molar-refractivity contribution is -0.112. The Labute approximate surface area is 155 Å². The zero-order valence-corrected chi connectivity index (χ0v) is 16.0. The van der Waals surface area contributed by atoms with E-state index < -0.39 is 5.60 Å². The summed E-state index contributed by atoms with van der Waals surface area (Å²) in [6, 6.07) is 9.35.